The van der Waals surface area contributed by atoms with Crippen molar-refractivity contribution < 1.29 is 4.42 Å². The maximum atomic E-state index is 9.68. The minimum absolute atomic E-state index is 0.653. The Labute approximate surface area is 268 Å². The van der Waals surface area contributed by atoms with Crippen molar-refractivity contribution in [1.29, 1.82) is 5.26 Å². The zero-order valence-electron chi connectivity index (χ0n) is 25.1. The molecule has 0 saturated carbocycles. The largest absolute Gasteiger partial charge is 0.454 e. The number of hydrogen-bond donors (Lipinski definition) is 0. The van der Waals surface area contributed by atoms with Crippen molar-refractivity contribution in [2.45, 2.75) is 0 Å². The molecule has 0 atom stereocenters. The van der Waals surface area contributed by atoms with Crippen LogP contribution in [0.4, 0.5) is 0 Å². The van der Waals surface area contributed by atoms with Crippen LogP contribution in [0, 0.1) is 11.3 Å². The molecule has 4 aromatic heterocycles. The second kappa shape index (κ2) is 9.68. The van der Waals surface area contributed by atoms with E-state index in [0.29, 0.717) is 5.56 Å². The summed E-state index contributed by atoms with van der Waals surface area (Å²) in [5, 5.41) is 15.1. The normalized spacial score (nSPS) is 11.8. The average molecular weight is 601 g/mol. The van der Waals surface area contributed by atoms with Crippen LogP contribution >= 0.6 is 0 Å². The number of rotatable bonds is 3. The molecule has 6 aromatic carbocycles. The molecule has 10 aromatic rings. The summed E-state index contributed by atoms with van der Waals surface area (Å²) in [6.45, 7) is 0. The number of aromatic nitrogens is 3. The Hall–Kier alpha value is -6.64. The van der Waals surface area contributed by atoms with Crippen LogP contribution in [-0.2, 0) is 0 Å². The highest BCUT2D eigenvalue weighted by atomic mass is 16.3. The van der Waals surface area contributed by atoms with Gasteiger partial charge < -0.3 is 13.6 Å². The van der Waals surface area contributed by atoms with Gasteiger partial charge in [-0.25, -0.2) is 0 Å². The van der Waals surface area contributed by atoms with Gasteiger partial charge in [-0.05, 0) is 66.7 Å². The van der Waals surface area contributed by atoms with Crippen LogP contribution in [0.15, 0.2) is 150 Å². The van der Waals surface area contributed by atoms with Gasteiger partial charge in [0.25, 0.3) is 0 Å². The number of hydrogen-bond acceptors (Lipinski definition) is 3. The Balaban J connectivity index is 1.29. The Morgan fingerprint density at radius 2 is 1.15 bits per heavy atom. The molecule has 47 heavy (non-hydrogen) atoms. The molecule has 0 N–H and O–H groups in total. The minimum atomic E-state index is 0.653. The summed E-state index contributed by atoms with van der Waals surface area (Å²) >= 11 is 0. The molecule has 4 heterocycles. The Morgan fingerprint density at radius 1 is 0.532 bits per heavy atom. The lowest BCUT2D eigenvalue weighted by atomic mass is 10.0. The second-order valence-electron chi connectivity index (χ2n) is 11.9. The lowest BCUT2D eigenvalue weighted by Gasteiger charge is -2.18. The highest BCUT2D eigenvalue weighted by molar-refractivity contribution is 6.23. The van der Waals surface area contributed by atoms with Gasteiger partial charge in [-0.15, -0.1) is 0 Å². The van der Waals surface area contributed by atoms with Gasteiger partial charge in [0, 0.05) is 38.9 Å². The SMILES string of the molecule is N#Cc1ccc2c(c1)c1ccccc1n2-c1ccccc1-c1ccccc1-n1c2ccccc2c2c3oc4cccnc4c3ccc21. The number of nitriles is 1. The van der Waals surface area contributed by atoms with Gasteiger partial charge in [0.15, 0.2) is 5.58 Å². The predicted molar refractivity (Wildman–Crippen MR) is 190 cm³/mol. The Kier molecular flexibility index (Phi) is 5.28. The van der Waals surface area contributed by atoms with Crippen LogP contribution in [0.3, 0.4) is 0 Å². The van der Waals surface area contributed by atoms with Crippen LogP contribution in [0.5, 0.6) is 0 Å². The molecule has 10 rings (SSSR count). The maximum absolute atomic E-state index is 9.68. The summed E-state index contributed by atoms with van der Waals surface area (Å²) in [7, 11) is 0. The maximum Gasteiger partial charge on any atom is 0.153 e. The number of benzene rings is 6. The van der Waals surface area contributed by atoms with Crippen molar-refractivity contribution in [3.8, 4) is 28.6 Å². The summed E-state index contributed by atoms with van der Waals surface area (Å²) in [4.78, 5) is 4.64. The first-order chi connectivity index (χ1) is 23.3. The molecule has 0 aliphatic heterocycles. The lowest BCUT2D eigenvalue weighted by Crippen LogP contribution is -2.01. The van der Waals surface area contributed by atoms with Crippen molar-refractivity contribution in [3.05, 3.63) is 151 Å². The van der Waals surface area contributed by atoms with Crippen molar-refractivity contribution >= 4 is 65.7 Å². The fourth-order valence-corrected chi connectivity index (χ4v) is 7.46. The highest BCUT2D eigenvalue weighted by Crippen LogP contribution is 2.43. The molecule has 0 saturated heterocycles. The van der Waals surface area contributed by atoms with Gasteiger partial charge in [0.1, 0.15) is 11.1 Å². The van der Waals surface area contributed by atoms with Gasteiger partial charge in [0.05, 0.1) is 50.5 Å². The van der Waals surface area contributed by atoms with E-state index in [-0.39, 0.29) is 0 Å². The molecule has 0 aliphatic carbocycles. The third-order valence-corrected chi connectivity index (χ3v) is 9.41. The summed E-state index contributed by atoms with van der Waals surface area (Å²) in [6.07, 6.45) is 1.82. The molecule has 0 bridgehead atoms. The number of para-hydroxylation sites is 4. The summed E-state index contributed by atoms with van der Waals surface area (Å²) in [5.41, 5.74) is 11.9. The summed E-state index contributed by atoms with van der Waals surface area (Å²) in [5.74, 6) is 0. The number of furan rings is 1. The van der Waals surface area contributed by atoms with Crippen molar-refractivity contribution in [2.75, 3.05) is 0 Å². The zero-order chi connectivity index (χ0) is 31.1. The minimum Gasteiger partial charge on any atom is -0.454 e. The summed E-state index contributed by atoms with van der Waals surface area (Å²) < 4.78 is 11.2. The molecule has 0 amide bonds. The topological polar surface area (TPSA) is 59.7 Å². The third-order valence-electron chi connectivity index (χ3n) is 9.41. The van der Waals surface area contributed by atoms with Crippen molar-refractivity contribution in [2.24, 2.45) is 0 Å². The van der Waals surface area contributed by atoms with E-state index in [9.17, 15) is 5.26 Å². The van der Waals surface area contributed by atoms with E-state index in [4.69, 9.17) is 4.42 Å². The van der Waals surface area contributed by atoms with Crippen LogP contribution in [-0.4, -0.2) is 14.1 Å². The molecule has 0 spiro atoms. The van der Waals surface area contributed by atoms with Crippen molar-refractivity contribution in [1.82, 2.24) is 14.1 Å². The standard InChI is InChI=1S/C42H24N4O/c43-25-26-19-21-37-32(24-26)29-12-3-7-16-35(29)45(37)33-14-5-1-10-27(33)28-11-2-6-15-34(28)46-36-17-8-4-13-30(36)40-38(46)22-20-31-41-39(47-42(31)40)18-9-23-44-41/h1-24H. The fraction of sp³-hybridized carbons (Fsp3) is 0. The van der Waals surface area contributed by atoms with Gasteiger partial charge in [-0.2, -0.15) is 5.26 Å². The molecule has 218 valence electrons. The molecule has 0 unspecified atom stereocenters. The van der Waals surface area contributed by atoms with E-state index in [1.54, 1.807) is 0 Å². The van der Waals surface area contributed by atoms with Gasteiger partial charge in [0.2, 0.25) is 0 Å². The van der Waals surface area contributed by atoms with Gasteiger partial charge in [-0.3, -0.25) is 4.98 Å². The van der Waals surface area contributed by atoms with E-state index in [2.05, 4.69) is 135 Å². The van der Waals surface area contributed by atoms with E-state index >= 15 is 0 Å². The van der Waals surface area contributed by atoms with Crippen molar-refractivity contribution in [3.63, 3.8) is 0 Å². The highest BCUT2D eigenvalue weighted by Gasteiger charge is 2.22. The van der Waals surface area contributed by atoms with E-state index in [1.807, 2.05) is 30.5 Å². The van der Waals surface area contributed by atoms with E-state index < -0.39 is 0 Å². The molecule has 0 aliphatic rings. The van der Waals surface area contributed by atoms with E-state index in [0.717, 1.165) is 88.2 Å². The first-order valence-electron chi connectivity index (χ1n) is 15.6. The van der Waals surface area contributed by atoms with Gasteiger partial charge >= 0.3 is 0 Å². The first-order valence-corrected chi connectivity index (χ1v) is 15.6. The van der Waals surface area contributed by atoms with Crippen LogP contribution in [0.1, 0.15) is 5.56 Å². The predicted octanol–water partition coefficient (Wildman–Crippen LogP) is 10.7. The molecular formula is C42H24N4O. The molecule has 0 radical (unpaired) electrons. The smallest absolute Gasteiger partial charge is 0.153 e. The fourth-order valence-electron chi connectivity index (χ4n) is 7.46. The number of nitrogens with zero attached hydrogens (tertiary/aromatic N) is 4. The van der Waals surface area contributed by atoms with Crippen LogP contribution < -0.4 is 0 Å². The third kappa shape index (κ3) is 3.55. The number of pyridine rings is 1. The molecule has 0 fully saturated rings. The Bertz CT molecular complexity index is 2930. The first kappa shape index (κ1) is 25.7. The lowest BCUT2D eigenvalue weighted by molar-refractivity contribution is 0.672. The summed E-state index contributed by atoms with van der Waals surface area (Å²) in [6, 6.07) is 50.7. The van der Waals surface area contributed by atoms with E-state index in [1.165, 1.54) is 0 Å². The molecular weight excluding hydrogens is 576 g/mol. The van der Waals surface area contributed by atoms with Crippen LogP contribution in [0.2, 0.25) is 0 Å². The number of fused-ring (bicyclic) bond motifs is 10. The van der Waals surface area contributed by atoms with Crippen LogP contribution in [0.25, 0.3) is 88.2 Å². The molecule has 5 nitrogen and oxygen atoms in total. The average Bonchev–Trinajstić information content (AvgIpc) is 3.79. The zero-order valence-corrected chi connectivity index (χ0v) is 25.1. The van der Waals surface area contributed by atoms with Gasteiger partial charge in [-0.1, -0.05) is 72.8 Å². The Morgan fingerprint density at radius 3 is 1.91 bits per heavy atom. The molecule has 5 heteroatoms. The second-order valence-corrected chi connectivity index (χ2v) is 11.9. The quantitative estimate of drug-likeness (QED) is 0.203. The monoisotopic (exact) mass is 600 g/mol.